The summed E-state index contributed by atoms with van der Waals surface area (Å²) in [6.07, 6.45) is 6.10. The molecule has 3 fully saturated rings. The molecule has 2 aliphatic heterocycles. The Hall–Kier alpha value is -1.06. The molecule has 118 valence electrons. The van der Waals surface area contributed by atoms with Crippen molar-refractivity contribution < 1.29 is 9.59 Å². The highest BCUT2D eigenvalue weighted by molar-refractivity contribution is 6.07. The molecule has 0 bridgehead atoms. The lowest BCUT2D eigenvalue weighted by molar-refractivity contribution is -0.151. The van der Waals surface area contributed by atoms with Gasteiger partial charge in [-0.1, -0.05) is 13.8 Å². The van der Waals surface area contributed by atoms with E-state index in [0.717, 1.165) is 51.9 Å². The lowest BCUT2D eigenvalue weighted by Gasteiger charge is -2.37. The predicted molar refractivity (Wildman–Crippen MR) is 81.6 cm³/mol. The molecule has 2 unspecified atom stereocenters. The van der Waals surface area contributed by atoms with E-state index in [1.54, 1.807) is 0 Å². The fraction of sp³-hybridized carbons (Fsp3) is 0.882. The van der Waals surface area contributed by atoms with Crippen molar-refractivity contribution in [2.75, 3.05) is 26.2 Å². The van der Waals surface area contributed by atoms with E-state index >= 15 is 0 Å². The first kappa shape index (κ1) is 14.9. The molecule has 1 saturated carbocycles. The van der Waals surface area contributed by atoms with Gasteiger partial charge in [0.15, 0.2) is 0 Å². The molecular formula is C17H28N2O2. The van der Waals surface area contributed by atoms with Crippen molar-refractivity contribution in [3.63, 3.8) is 0 Å². The van der Waals surface area contributed by atoms with Crippen LogP contribution in [0.5, 0.6) is 0 Å². The summed E-state index contributed by atoms with van der Waals surface area (Å²) in [5, 5.41) is 0. The van der Waals surface area contributed by atoms with Crippen LogP contribution in [0, 0.1) is 17.3 Å². The van der Waals surface area contributed by atoms with E-state index in [1.807, 2.05) is 9.80 Å². The number of hydrogen-bond donors (Lipinski definition) is 0. The Bertz CT molecular complexity index is 395. The molecule has 0 aromatic rings. The summed E-state index contributed by atoms with van der Waals surface area (Å²) >= 11 is 0. The molecule has 0 radical (unpaired) electrons. The maximum absolute atomic E-state index is 12.9. The first-order valence-corrected chi connectivity index (χ1v) is 8.62. The van der Waals surface area contributed by atoms with Gasteiger partial charge < -0.3 is 9.80 Å². The molecule has 4 nitrogen and oxygen atoms in total. The summed E-state index contributed by atoms with van der Waals surface area (Å²) in [6, 6.07) is 0. The summed E-state index contributed by atoms with van der Waals surface area (Å²) in [4.78, 5) is 29.7. The van der Waals surface area contributed by atoms with Crippen LogP contribution in [0.25, 0.3) is 0 Å². The van der Waals surface area contributed by atoms with Gasteiger partial charge in [0.05, 0.1) is 0 Å². The smallest absolute Gasteiger partial charge is 0.238 e. The van der Waals surface area contributed by atoms with Gasteiger partial charge in [-0.3, -0.25) is 9.59 Å². The first-order valence-electron chi connectivity index (χ1n) is 8.62. The number of carbonyl (C=O) groups is 2. The highest BCUT2D eigenvalue weighted by Gasteiger charge is 2.59. The van der Waals surface area contributed by atoms with Crippen molar-refractivity contribution in [1.29, 1.82) is 0 Å². The highest BCUT2D eigenvalue weighted by Crippen LogP contribution is 2.49. The lowest BCUT2D eigenvalue weighted by atomic mass is 9.94. The van der Waals surface area contributed by atoms with Crippen molar-refractivity contribution in [2.45, 2.75) is 52.4 Å². The Kier molecular flexibility index (Phi) is 3.98. The molecular weight excluding hydrogens is 264 g/mol. The zero-order chi connectivity index (χ0) is 15.0. The molecule has 2 saturated heterocycles. The van der Waals surface area contributed by atoms with Crippen LogP contribution < -0.4 is 0 Å². The number of hydrogen-bond acceptors (Lipinski definition) is 2. The summed E-state index contributed by atoms with van der Waals surface area (Å²) in [5.74, 6) is 1.39. The minimum atomic E-state index is -0.672. The molecule has 3 rings (SSSR count). The summed E-state index contributed by atoms with van der Waals surface area (Å²) in [7, 11) is 0. The van der Waals surface area contributed by atoms with Crippen LogP contribution >= 0.6 is 0 Å². The molecule has 0 aromatic heterocycles. The molecule has 0 N–H and O–H groups in total. The van der Waals surface area contributed by atoms with Gasteiger partial charge >= 0.3 is 0 Å². The average Bonchev–Trinajstić information content (AvgIpc) is 3.27. The van der Waals surface area contributed by atoms with E-state index in [9.17, 15) is 9.59 Å². The third kappa shape index (κ3) is 2.82. The minimum Gasteiger partial charge on any atom is -0.342 e. The van der Waals surface area contributed by atoms with Crippen molar-refractivity contribution in [1.82, 2.24) is 9.80 Å². The van der Waals surface area contributed by atoms with Crippen LogP contribution in [0.1, 0.15) is 52.4 Å². The van der Waals surface area contributed by atoms with Gasteiger partial charge in [-0.15, -0.1) is 0 Å². The number of carbonyl (C=O) groups excluding carboxylic acids is 2. The largest absolute Gasteiger partial charge is 0.342 e. The van der Waals surface area contributed by atoms with Crippen LogP contribution in [0.4, 0.5) is 0 Å². The van der Waals surface area contributed by atoms with Gasteiger partial charge in [-0.25, -0.2) is 0 Å². The fourth-order valence-electron chi connectivity index (χ4n) is 4.00. The highest BCUT2D eigenvalue weighted by atomic mass is 16.2. The van der Waals surface area contributed by atoms with Gasteiger partial charge in [0.2, 0.25) is 11.8 Å². The number of rotatable bonds is 2. The van der Waals surface area contributed by atoms with Gasteiger partial charge in [-0.2, -0.15) is 0 Å². The van der Waals surface area contributed by atoms with Crippen LogP contribution in [-0.2, 0) is 9.59 Å². The SMILES string of the molecule is CC1CCCN(C(=O)C2(C(=O)N3CCCC(C)C3)CC2)C1. The fourth-order valence-corrected chi connectivity index (χ4v) is 4.00. The Balaban J connectivity index is 1.68. The van der Waals surface area contributed by atoms with Crippen LogP contribution in [0.15, 0.2) is 0 Å². The Morgan fingerprint density at radius 1 is 0.857 bits per heavy atom. The molecule has 0 spiro atoms. The second kappa shape index (κ2) is 5.62. The number of nitrogens with zero attached hydrogens (tertiary/aromatic N) is 2. The van der Waals surface area contributed by atoms with Gasteiger partial charge in [0.25, 0.3) is 0 Å². The quantitative estimate of drug-likeness (QED) is 0.733. The molecule has 4 heteroatoms. The molecule has 1 aliphatic carbocycles. The number of piperidine rings is 2. The monoisotopic (exact) mass is 292 g/mol. The van der Waals surface area contributed by atoms with E-state index in [2.05, 4.69) is 13.8 Å². The summed E-state index contributed by atoms with van der Waals surface area (Å²) in [5.41, 5.74) is -0.672. The molecule has 3 aliphatic rings. The third-order valence-electron chi connectivity index (χ3n) is 5.46. The number of likely N-dealkylation sites (tertiary alicyclic amines) is 2. The molecule has 2 amide bonds. The second-order valence-corrected chi connectivity index (χ2v) is 7.58. The standard InChI is InChI=1S/C17H28N2O2/c1-13-5-3-9-18(11-13)15(20)17(7-8-17)16(21)19-10-4-6-14(2)12-19/h13-14H,3-12H2,1-2H3. The summed E-state index contributed by atoms with van der Waals surface area (Å²) in [6.45, 7) is 7.76. The third-order valence-corrected chi connectivity index (χ3v) is 5.46. The van der Waals surface area contributed by atoms with Crippen molar-refractivity contribution in [3.8, 4) is 0 Å². The molecule has 2 atom stereocenters. The Labute approximate surface area is 127 Å². The topological polar surface area (TPSA) is 40.6 Å². The predicted octanol–water partition coefficient (Wildman–Crippen LogP) is 2.28. The van der Waals surface area contributed by atoms with E-state index in [0.29, 0.717) is 11.8 Å². The molecule has 21 heavy (non-hydrogen) atoms. The number of amides is 2. The second-order valence-electron chi connectivity index (χ2n) is 7.58. The maximum atomic E-state index is 12.9. The van der Waals surface area contributed by atoms with E-state index in [-0.39, 0.29) is 11.8 Å². The average molecular weight is 292 g/mol. The first-order chi connectivity index (χ1) is 10.0. The van der Waals surface area contributed by atoms with Crippen molar-refractivity contribution >= 4 is 11.8 Å². The normalized spacial score (nSPS) is 31.9. The molecule has 0 aromatic carbocycles. The van der Waals surface area contributed by atoms with E-state index < -0.39 is 5.41 Å². The minimum absolute atomic E-state index is 0.122. The zero-order valence-electron chi connectivity index (χ0n) is 13.4. The van der Waals surface area contributed by atoms with Crippen LogP contribution in [0.2, 0.25) is 0 Å². The van der Waals surface area contributed by atoms with E-state index in [4.69, 9.17) is 0 Å². The van der Waals surface area contributed by atoms with Crippen molar-refractivity contribution in [2.24, 2.45) is 17.3 Å². The molecule has 2 heterocycles. The van der Waals surface area contributed by atoms with Crippen LogP contribution in [0.3, 0.4) is 0 Å². The zero-order valence-corrected chi connectivity index (χ0v) is 13.4. The van der Waals surface area contributed by atoms with Gasteiger partial charge in [0, 0.05) is 26.2 Å². The van der Waals surface area contributed by atoms with Crippen LogP contribution in [-0.4, -0.2) is 47.8 Å². The Morgan fingerprint density at radius 3 is 1.62 bits per heavy atom. The maximum Gasteiger partial charge on any atom is 0.238 e. The van der Waals surface area contributed by atoms with E-state index in [1.165, 1.54) is 12.8 Å². The van der Waals surface area contributed by atoms with Gasteiger partial charge in [-0.05, 0) is 50.4 Å². The summed E-state index contributed by atoms with van der Waals surface area (Å²) < 4.78 is 0. The van der Waals surface area contributed by atoms with Crippen molar-refractivity contribution in [3.05, 3.63) is 0 Å². The Morgan fingerprint density at radius 2 is 1.29 bits per heavy atom. The lowest BCUT2D eigenvalue weighted by Crippen LogP contribution is -2.51. The van der Waals surface area contributed by atoms with Gasteiger partial charge in [0.1, 0.15) is 5.41 Å².